The summed E-state index contributed by atoms with van der Waals surface area (Å²) in [5.41, 5.74) is 5.68. The van der Waals surface area contributed by atoms with Crippen molar-refractivity contribution in [3.63, 3.8) is 0 Å². The van der Waals surface area contributed by atoms with Gasteiger partial charge < -0.3 is 10.8 Å². The molecule has 8 heteroatoms. The lowest BCUT2D eigenvalue weighted by Gasteiger charge is -2.16. The summed E-state index contributed by atoms with van der Waals surface area (Å²) in [4.78, 5) is 0.0561. The SMILES string of the molecule is CCn1cc(S(=O)(=O)N2CCC(C(C)O)C2)c(N)n1. The van der Waals surface area contributed by atoms with Gasteiger partial charge in [0.05, 0.1) is 6.10 Å². The summed E-state index contributed by atoms with van der Waals surface area (Å²) in [7, 11) is -3.61. The van der Waals surface area contributed by atoms with Crippen LogP contribution in [0.25, 0.3) is 0 Å². The lowest BCUT2D eigenvalue weighted by molar-refractivity contribution is 0.133. The number of aliphatic hydroxyl groups is 1. The second-order valence-corrected chi connectivity index (χ2v) is 6.79. The van der Waals surface area contributed by atoms with E-state index in [-0.39, 0.29) is 16.6 Å². The van der Waals surface area contributed by atoms with E-state index in [1.807, 2.05) is 6.92 Å². The van der Waals surface area contributed by atoms with Crippen LogP contribution >= 0.6 is 0 Å². The average Bonchev–Trinajstić information content (AvgIpc) is 2.95. The predicted octanol–water partition coefficient (Wildman–Crippen LogP) is -0.123. The quantitative estimate of drug-likeness (QED) is 0.804. The van der Waals surface area contributed by atoms with E-state index >= 15 is 0 Å². The van der Waals surface area contributed by atoms with E-state index in [1.165, 1.54) is 15.2 Å². The molecule has 2 unspecified atom stereocenters. The summed E-state index contributed by atoms with van der Waals surface area (Å²) in [6.45, 7) is 4.85. The molecule has 0 saturated carbocycles. The number of nitrogens with two attached hydrogens (primary N) is 1. The van der Waals surface area contributed by atoms with Crippen LogP contribution in [0.5, 0.6) is 0 Å². The Morgan fingerprint density at radius 3 is 2.79 bits per heavy atom. The Bertz CT molecular complexity index is 552. The largest absolute Gasteiger partial charge is 0.393 e. The fraction of sp³-hybridized carbons (Fsp3) is 0.727. The molecule has 0 aromatic carbocycles. The molecule has 0 spiro atoms. The van der Waals surface area contributed by atoms with Crippen LogP contribution < -0.4 is 5.73 Å². The van der Waals surface area contributed by atoms with Crippen LogP contribution in [0.1, 0.15) is 20.3 Å². The first-order valence-corrected chi connectivity index (χ1v) is 7.81. The van der Waals surface area contributed by atoms with Crippen molar-refractivity contribution in [1.82, 2.24) is 14.1 Å². The van der Waals surface area contributed by atoms with Crippen molar-refractivity contribution >= 4 is 15.8 Å². The summed E-state index contributed by atoms with van der Waals surface area (Å²) < 4.78 is 27.8. The Morgan fingerprint density at radius 1 is 1.63 bits per heavy atom. The van der Waals surface area contributed by atoms with E-state index in [1.54, 1.807) is 6.92 Å². The van der Waals surface area contributed by atoms with E-state index in [9.17, 15) is 13.5 Å². The van der Waals surface area contributed by atoms with E-state index < -0.39 is 16.1 Å². The van der Waals surface area contributed by atoms with Crippen molar-refractivity contribution in [3.05, 3.63) is 6.20 Å². The smallest absolute Gasteiger partial charge is 0.248 e. The lowest BCUT2D eigenvalue weighted by atomic mass is 10.0. The Morgan fingerprint density at radius 2 is 2.32 bits per heavy atom. The number of rotatable bonds is 4. The molecule has 0 radical (unpaired) electrons. The van der Waals surface area contributed by atoms with Gasteiger partial charge in [-0.15, -0.1) is 0 Å². The molecule has 1 saturated heterocycles. The maximum Gasteiger partial charge on any atom is 0.248 e. The number of aromatic nitrogens is 2. The minimum atomic E-state index is -3.61. The first-order valence-electron chi connectivity index (χ1n) is 6.37. The molecule has 19 heavy (non-hydrogen) atoms. The number of hydrogen-bond acceptors (Lipinski definition) is 5. The number of nitrogens with zero attached hydrogens (tertiary/aromatic N) is 3. The first-order chi connectivity index (χ1) is 8.86. The molecule has 2 atom stereocenters. The highest BCUT2D eigenvalue weighted by Crippen LogP contribution is 2.28. The van der Waals surface area contributed by atoms with Gasteiger partial charge in [0.15, 0.2) is 5.82 Å². The number of hydrogen-bond donors (Lipinski definition) is 2. The number of aliphatic hydroxyl groups excluding tert-OH is 1. The van der Waals surface area contributed by atoms with Gasteiger partial charge in [0.1, 0.15) is 4.90 Å². The topological polar surface area (TPSA) is 101 Å². The highest BCUT2D eigenvalue weighted by molar-refractivity contribution is 7.89. The Hall–Kier alpha value is -1.12. The molecule has 0 amide bonds. The van der Waals surface area contributed by atoms with Gasteiger partial charge in [-0.2, -0.15) is 9.40 Å². The number of aryl methyl sites for hydroxylation is 1. The molecular weight excluding hydrogens is 268 g/mol. The molecule has 1 fully saturated rings. The maximum atomic E-state index is 12.5. The fourth-order valence-corrected chi connectivity index (χ4v) is 3.86. The van der Waals surface area contributed by atoms with Crippen molar-refractivity contribution in [3.8, 4) is 0 Å². The van der Waals surface area contributed by atoms with Crippen molar-refractivity contribution in [1.29, 1.82) is 0 Å². The molecule has 0 aliphatic carbocycles. The van der Waals surface area contributed by atoms with Gasteiger partial charge in [-0.25, -0.2) is 8.42 Å². The first kappa shape index (κ1) is 14.3. The zero-order valence-corrected chi connectivity index (χ0v) is 12.0. The molecule has 0 bridgehead atoms. The van der Waals surface area contributed by atoms with Crippen molar-refractivity contribution in [2.24, 2.45) is 5.92 Å². The van der Waals surface area contributed by atoms with Gasteiger partial charge in [-0.05, 0) is 26.2 Å². The summed E-state index contributed by atoms with van der Waals surface area (Å²) in [6.07, 6.45) is 1.62. The fourth-order valence-electron chi connectivity index (χ4n) is 2.28. The molecule has 1 aliphatic rings. The normalized spacial score (nSPS) is 22.8. The van der Waals surface area contributed by atoms with Gasteiger partial charge in [0.25, 0.3) is 0 Å². The van der Waals surface area contributed by atoms with Crippen LogP contribution in [0.4, 0.5) is 5.82 Å². The molecule has 1 aromatic heterocycles. The van der Waals surface area contributed by atoms with Crippen molar-refractivity contribution in [2.75, 3.05) is 18.8 Å². The summed E-state index contributed by atoms with van der Waals surface area (Å²) in [5.74, 6) is 0.0135. The van der Waals surface area contributed by atoms with E-state index in [4.69, 9.17) is 5.73 Å². The molecule has 7 nitrogen and oxygen atoms in total. The molecule has 2 heterocycles. The van der Waals surface area contributed by atoms with Gasteiger partial charge in [-0.3, -0.25) is 4.68 Å². The van der Waals surface area contributed by atoms with Crippen LogP contribution in [0.3, 0.4) is 0 Å². The van der Waals surface area contributed by atoms with Crippen molar-refractivity contribution < 1.29 is 13.5 Å². The van der Waals surface area contributed by atoms with Crippen molar-refractivity contribution in [2.45, 2.75) is 37.8 Å². The van der Waals surface area contributed by atoms with Crippen LogP contribution in [0.2, 0.25) is 0 Å². The lowest BCUT2D eigenvalue weighted by Crippen LogP contribution is -2.30. The molecule has 108 valence electrons. The molecule has 2 rings (SSSR count). The summed E-state index contributed by atoms with van der Waals surface area (Å²) in [5, 5.41) is 13.5. The number of anilines is 1. The predicted molar refractivity (Wildman–Crippen MR) is 70.9 cm³/mol. The standard InChI is InChI=1S/C11H20N4O3S/c1-3-14-7-10(11(12)13-14)19(17,18)15-5-4-9(6-15)8(2)16/h7-9,16H,3-6H2,1-2H3,(H2,12,13). The molecule has 3 N–H and O–H groups in total. The van der Waals surface area contributed by atoms with Gasteiger partial charge >= 0.3 is 0 Å². The van der Waals surface area contributed by atoms with Gasteiger partial charge in [0.2, 0.25) is 10.0 Å². The summed E-state index contributed by atoms with van der Waals surface area (Å²) in [6, 6.07) is 0. The second-order valence-electron chi connectivity index (χ2n) is 4.89. The highest BCUT2D eigenvalue weighted by atomic mass is 32.2. The minimum Gasteiger partial charge on any atom is -0.393 e. The Labute approximate surface area is 113 Å². The third-order valence-corrected chi connectivity index (χ3v) is 5.45. The molecule has 1 aliphatic heterocycles. The molecular formula is C11H20N4O3S. The van der Waals surface area contributed by atoms with Crippen LogP contribution in [0, 0.1) is 5.92 Å². The Kier molecular flexibility index (Phi) is 3.84. The van der Waals surface area contributed by atoms with Crippen LogP contribution in [-0.2, 0) is 16.6 Å². The average molecular weight is 288 g/mol. The zero-order valence-electron chi connectivity index (χ0n) is 11.2. The second kappa shape index (κ2) is 5.10. The third kappa shape index (κ3) is 2.60. The molecule has 1 aromatic rings. The Balaban J connectivity index is 2.26. The van der Waals surface area contributed by atoms with E-state index in [2.05, 4.69) is 5.10 Å². The van der Waals surface area contributed by atoms with Gasteiger partial charge in [0, 0.05) is 25.8 Å². The van der Waals surface area contributed by atoms with E-state index in [0.717, 1.165) is 0 Å². The van der Waals surface area contributed by atoms with Crippen LogP contribution in [-0.4, -0.2) is 46.8 Å². The monoisotopic (exact) mass is 288 g/mol. The zero-order chi connectivity index (χ0) is 14.2. The van der Waals surface area contributed by atoms with E-state index in [0.29, 0.717) is 26.1 Å². The van der Waals surface area contributed by atoms with Crippen LogP contribution in [0.15, 0.2) is 11.1 Å². The maximum absolute atomic E-state index is 12.5. The number of nitrogen functional groups attached to an aromatic ring is 1. The van der Waals surface area contributed by atoms with Gasteiger partial charge in [-0.1, -0.05) is 0 Å². The highest BCUT2D eigenvalue weighted by Gasteiger charge is 2.36. The minimum absolute atomic E-state index is 0.0165. The summed E-state index contributed by atoms with van der Waals surface area (Å²) >= 11 is 0. The number of sulfonamides is 1. The third-order valence-electron chi connectivity index (χ3n) is 3.57.